The van der Waals surface area contributed by atoms with Gasteiger partial charge in [-0.15, -0.1) is 0 Å². The molecule has 0 bridgehead atoms. The summed E-state index contributed by atoms with van der Waals surface area (Å²) in [6.45, 7) is 6.36. The van der Waals surface area contributed by atoms with E-state index in [0.29, 0.717) is 23.9 Å². The number of hydrogen-bond donors (Lipinski definition) is 0. The Morgan fingerprint density at radius 3 is 2.44 bits per heavy atom. The maximum absolute atomic E-state index is 13.3. The predicted molar refractivity (Wildman–Crippen MR) is 138 cm³/mol. The highest BCUT2D eigenvalue weighted by molar-refractivity contribution is 7.89. The lowest BCUT2D eigenvalue weighted by atomic mass is 9.94. The third-order valence-electron chi connectivity index (χ3n) is 7.22. The number of benzene rings is 2. The molecule has 0 radical (unpaired) electrons. The summed E-state index contributed by atoms with van der Waals surface area (Å²) in [4.78, 5) is 9.43. The molecule has 3 heterocycles. The topological polar surface area (TPSA) is 56.8 Å². The van der Waals surface area contributed by atoms with Crippen molar-refractivity contribution >= 4 is 38.1 Å². The molecule has 0 spiro atoms. The molecule has 0 saturated carbocycles. The number of fused-ring (bicyclic) bond motifs is 1. The van der Waals surface area contributed by atoms with E-state index in [9.17, 15) is 8.42 Å². The minimum absolute atomic E-state index is 0.321. The maximum Gasteiger partial charge on any atom is 0.245 e. The molecule has 3 aromatic rings. The second-order valence-electron chi connectivity index (χ2n) is 9.30. The zero-order chi connectivity index (χ0) is 23.5. The van der Waals surface area contributed by atoms with Crippen LogP contribution in [0.2, 0.25) is 5.02 Å². The highest BCUT2D eigenvalue weighted by Gasteiger charge is 2.31. The molecule has 8 heteroatoms. The van der Waals surface area contributed by atoms with Gasteiger partial charge >= 0.3 is 0 Å². The lowest BCUT2D eigenvalue weighted by Gasteiger charge is -2.37. The Labute approximate surface area is 207 Å². The Hall–Kier alpha value is -2.19. The quantitative estimate of drug-likeness (QED) is 0.500. The number of nitrogens with zero attached hydrogens (tertiary/aromatic N) is 4. The summed E-state index contributed by atoms with van der Waals surface area (Å²) in [5.74, 6) is 0.572. The zero-order valence-electron chi connectivity index (χ0n) is 19.3. The minimum Gasteiger partial charge on any atom is -0.369 e. The third kappa shape index (κ3) is 5.08. The van der Waals surface area contributed by atoms with Gasteiger partial charge in [0.2, 0.25) is 10.0 Å². The number of rotatable bonds is 6. The molecule has 0 aliphatic carbocycles. The molecule has 180 valence electrons. The van der Waals surface area contributed by atoms with Crippen LogP contribution in [-0.4, -0.2) is 68.4 Å². The molecule has 2 aromatic carbocycles. The van der Waals surface area contributed by atoms with Gasteiger partial charge in [0.05, 0.1) is 0 Å². The van der Waals surface area contributed by atoms with Crippen molar-refractivity contribution in [1.82, 2.24) is 14.2 Å². The Bertz CT molecular complexity index is 1230. The Morgan fingerprint density at radius 2 is 1.68 bits per heavy atom. The van der Waals surface area contributed by atoms with E-state index in [4.69, 9.17) is 11.6 Å². The second kappa shape index (κ2) is 10.2. The first kappa shape index (κ1) is 23.5. The van der Waals surface area contributed by atoms with Crippen LogP contribution in [0.15, 0.2) is 65.8 Å². The van der Waals surface area contributed by atoms with Gasteiger partial charge < -0.3 is 4.90 Å². The SMILES string of the molecule is O=S(=O)(c1cncc2ccccc12)N1CCC(CCN2CCN(c3cccc(Cl)c3)CC2)CC1. The highest BCUT2D eigenvalue weighted by atomic mass is 35.5. The van der Waals surface area contributed by atoms with E-state index in [2.05, 4.69) is 20.9 Å². The number of hydrogen-bond acceptors (Lipinski definition) is 5. The fourth-order valence-electron chi connectivity index (χ4n) is 5.14. The van der Waals surface area contributed by atoms with Gasteiger partial charge in [0, 0.05) is 73.1 Å². The number of anilines is 1. The van der Waals surface area contributed by atoms with Gasteiger partial charge in [-0.25, -0.2) is 8.42 Å². The van der Waals surface area contributed by atoms with Crippen LogP contribution >= 0.6 is 11.6 Å². The van der Waals surface area contributed by atoms with Crippen molar-refractivity contribution in [2.45, 2.75) is 24.2 Å². The van der Waals surface area contributed by atoms with E-state index in [1.807, 2.05) is 42.5 Å². The standard InChI is InChI=1S/C26H31ClN4O2S/c27-23-5-3-6-24(18-23)30-16-14-29(15-17-30)11-8-21-9-12-31(13-10-21)34(32,33)26-20-28-19-22-4-1-2-7-25(22)26/h1-7,18-21H,8-17H2. The van der Waals surface area contributed by atoms with Crippen molar-refractivity contribution in [3.8, 4) is 0 Å². The van der Waals surface area contributed by atoms with E-state index in [0.717, 1.165) is 67.8 Å². The van der Waals surface area contributed by atoms with Crippen LogP contribution in [-0.2, 0) is 10.0 Å². The molecule has 0 amide bonds. The molecular weight excluding hydrogens is 468 g/mol. The van der Waals surface area contributed by atoms with E-state index >= 15 is 0 Å². The van der Waals surface area contributed by atoms with Crippen molar-refractivity contribution in [3.63, 3.8) is 0 Å². The van der Waals surface area contributed by atoms with Gasteiger partial charge in [-0.05, 0) is 49.9 Å². The number of piperazine rings is 1. The van der Waals surface area contributed by atoms with Crippen molar-refractivity contribution in [3.05, 3.63) is 65.9 Å². The molecule has 0 atom stereocenters. The average molecular weight is 499 g/mol. The molecule has 2 saturated heterocycles. The van der Waals surface area contributed by atoms with Crippen LogP contribution in [0.5, 0.6) is 0 Å². The van der Waals surface area contributed by atoms with Crippen molar-refractivity contribution in [2.24, 2.45) is 5.92 Å². The normalized spacial score (nSPS) is 19.0. The van der Waals surface area contributed by atoms with E-state index in [1.165, 1.54) is 11.9 Å². The highest BCUT2D eigenvalue weighted by Crippen LogP contribution is 2.29. The van der Waals surface area contributed by atoms with Crippen LogP contribution in [0.4, 0.5) is 5.69 Å². The summed E-state index contributed by atoms with van der Waals surface area (Å²) in [6, 6.07) is 15.6. The Balaban J connectivity index is 1.11. The van der Waals surface area contributed by atoms with E-state index < -0.39 is 10.0 Å². The summed E-state index contributed by atoms with van der Waals surface area (Å²) in [6.07, 6.45) is 6.17. The fraction of sp³-hybridized carbons (Fsp3) is 0.423. The Morgan fingerprint density at radius 1 is 0.912 bits per heavy atom. The maximum atomic E-state index is 13.3. The van der Waals surface area contributed by atoms with Gasteiger partial charge in [0.25, 0.3) is 0 Å². The summed E-state index contributed by atoms with van der Waals surface area (Å²) in [7, 11) is -3.54. The number of halogens is 1. The average Bonchev–Trinajstić information content (AvgIpc) is 2.87. The molecule has 34 heavy (non-hydrogen) atoms. The molecule has 2 aliphatic rings. The van der Waals surface area contributed by atoms with Crippen LogP contribution in [0, 0.1) is 5.92 Å². The molecule has 6 nitrogen and oxygen atoms in total. The van der Waals surface area contributed by atoms with Crippen molar-refractivity contribution in [2.75, 3.05) is 50.7 Å². The fourth-order valence-corrected chi connectivity index (χ4v) is 6.95. The predicted octanol–water partition coefficient (Wildman–Crippen LogP) is 4.50. The Kier molecular flexibility index (Phi) is 7.06. The third-order valence-corrected chi connectivity index (χ3v) is 9.38. The minimum atomic E-state index is -3.54. The smallest absolute Gasteiger partial charge is 0.245 e. The summed E-state index contributed by atoms with van der Waals surface area (Å²) in [5, 5.41) is 2.38. The van der Waals surface area contributed by atoms with Crippen molar-refractivity contribution in [1.29, 1.82) is 0 Å². The largest absolute Gasteiger partial charge is 0.369 e. The molecule has 2 fully saturated rings. The molecule has 0 N–H and O–H groups in total. The molecular formula is C26H31ClN4O2S. The molecule has 1 aromatic heterocycles. The molecule has 0 unspecified atom stereocenters. The number of pyridine rings is 1. The van der Waals surface area contributed by atoms with Crippen LogP contribution in [0.25, 0.3) is 10.8 Å². The van der Waals surface area contributed by atoms with Gasteiger partial charge in [0.1, 0.15) is 4.90 Å². The van der Waals surface area contributed by atoms with Gasteiger partial charge in [-0.2, -0.15) is 4.31 Å². The lowest BCUT2D eigenvalue weighted by molar-refractivity contribution is 0.206. The van der Waals surface area contributed by atoms with E-state index in [-0.39, 0.29) is 0 Å². The first-order valence-electron chi connectivity index (χ1n) is 12.1. The van der Waals surface area contributed by atoms with Gasteiger partial charge in [0.15, 0.2) is 0 Å². The molecule has 5 rings (SSSR count). The molecule has 2 aliphatic heterocycles. The summed E-state index contributed by atoms with van der Waals surface area (Å²) >= 11 is 6.15. The van der Waals surface area contributed by atoms with Crippen LogP contribution in [0.1, 0.15) is 19.3 Å². The summed E-state index contributed by atoms with van der Waals surface area (Å²) in [5.41, 5.74) is 1.20. The monoisotopic (exact) mass is 498 g/mol. The number of piperidine rings is 1. The van der Waals surface area contributed by atoms with Crippen LogP contribution in [0.3, 0.4) is 0 Å². The lowest BCUT2D eigenvalue weighted by Crippen LogP contribution is -2.47. The van der Waals surface area contributed by atoms with E-state index in [1.54, 1.807) is 10.5 Å². The van der Waals surface area contributed by atoms with Gasteiger partial charge in [-0.3, -0.25) is 9.88 Å². The van der Waals surface area contributed by atoms with Gasteiger partial charge in [-0.1, -0.05) is 41.9 Å². The zero-order valence-corrected chi connectivity index (χ0v) is 20.9. The van der Waals surface area contributed by atoms with Crippen LogP contribution < -0.4 is 4.90 Å². The first-order valence-corrected chi connectivity index (χ1v) is 13.9. The number of aromatic nitrogens is 1. The summed E-state index contributed by atoms with van der Waals surface area (Å²) < 4.78 is 28.3. The second-order valence-corrected chi connectivity index (χ2v) is 11.6. The number of sulfonamides is 1. The first-order chi connectivity index (χ1) is 16.5. The van der Waals surface area contributed by atoms with Crippen molar-refractivity contribution < 1.29 is 8.42 Å².